The number of nitrogens with one attached hydrogen (secondary N) is 2. The van der Waals surface area contributed by atoms with Crippen LogP contribution in [0.2, 0.25) is 5.28 Å². The van der Waals surface area contributed by atoms with E-state index in [1.807, 2.05) is 24.3 Å². The molecular weight excluding hydrogens is 290 g/mol. The molecule has 6 nitrogen and oxygen atoms in total. The number of anilines is 3. The van der Waals surface area contributed by atoms with Crippen molar-refractivity contribution in [2.45, 2.75) is 20.0 Å². The molecule has 0 aliphatic rings. The number of halogens is 1. The summed E-state index contributed by atoms with van der Waals surface area (Å²) in [5.74, 6) is 0.871. The lowest BCUT2D eigenvalue weighted by Crippen LogP contribution is -2.07. The molecule has 0 spiro atoms. The maximum Gasteiger partial charge on any atom is 0.233 e. The third kappa shape index (κ3) is 4.84. The third-order valence-electron chi connectivity index (χ3n) is 2.64. The lowest BCUT2D eigenvalue weighted by atomic mass is 10.2. The van der Waals surface area contributed by atoms with E-state index in [-0.39, 0.29) is 5.28 Å². The SMILES string of the molecule is CCCNc1nc(Cl)nc(Nc2cccc(COC)c2)n1. The normalized spacial score (nSPS) is 10.4. The van der Waals surface area contributed by atoms with E-state index in [9.17, 15) is 0 Å². The van der Waals surface area contributed by atoms with Crippen LogP contribution in [0.15, 0.2) is 24.3 Å². The first kappa shape index (κ1) is 15.5. The molecule has 1 heterocycles. The van der Waals surface area contributed by atoms with Gasteiger partial charge in [-0.25, -0.2) is 0 Å². The fraction of sp³-hybridized carbons (Fsp3) is 0.357. The molecule has 7 heteroatoms. The van der Waals surface area contributed by atoms with E-state index in [1.54, 1.807) is 7.11 Å². The quantitative estimate of drug-likeness (QED) is 0.818. The molecule has 0 aliphatic carbocycles. The first-order valence-electron chi connectivity index (χ1n) is 6.71. The van der Waals surface area contributed by atoms with E-state index in [4.69, 9.17) is 16.3 Å². The van der Waals surface area contributed by atoms with Crippen LogP contribution in [0.5, 0.6) is 0 Å². The molecule has 2 rings (SSSR count). The molecular formula is C14H18ClN5O. The molecule has 0 bridgehead atoms. The number of nitrogens with zero attached hydrogens (tertiary/aromatic N) is 3. The Bertz CT molecular complexity index is 593. The lowest BCUT2D eigenvalue weighted by Gasteiger charge is -2.09. The van der Waals surface area contributed by atoms with Gasteiger partial charge < -0.3 is 15.4 Å². The van der Waals surface area contributed by atoms with Crippen molar-refractivity contribution in [1.82, 2.24) is 15.0 Å². The van der Waals surface area contributed by atoms with Crippen molar-refractivity contribution in [2.24, 2.45) is 0 Å². The zero-order valence-corrected chi connectivity index (χ0v) is 12.8. The van der Waals surface area contributed by atoms with E-state index in [0.717, 1.165) is 24.2 Å². The number of hydrogen-bond acceptors (Lipinski definition) is 6. The molecule has 21 heavy (non-hydrogen) atoms. The minimum absolute atomic E-state index is 0.152. The minimum atomic E-state index is 0.152. The summed E-state index contributed by atoms with van der Waals surface area (Å²) in [6.07, 6.45) is 0.977. The van der Waals surface area contributed by atoms with Gasteiger partial charge in [0.25, 0.3) is 0 Å². The second-order valence-electron chi connectivity index (χ2n) is 4.44. The molecule has 112 valence electrons. The monoisotopic (exact) mass is 307 g/mol. The number of benzene rings is 1. The summed E-state index contributed by atoms with van der Waals surface area (Å²) in [6.45, 7) is 3.40. The van der Waals surface area contributed by atoms with Gasteiger partial charge in [-0.05, 0) is 35.7 Å². The van der Waals surface area contributed by atoms with E-state index in [2.05, 4.69) is 32.5 Å². The smallest absolute Gasteiger partial charge is 0.233 e. The van der Waals surface area contributed by atoms with Gasteiger partial charge in [0.05, 0.1) is 6.61 Å². The average Bonchev–Trinajstić information content (AvgIpc) is 2.45. The van der Waals surface area contributed by atoms with Crippen molar-refractivity contribution in [3.05, 3.63) is 35.1 Å². The molecule has 0 saturated carbocycles. The largest absolute Gasteiger partial charge is 0.380 e. The van der Waals surface area contributed by atoms with Crippen LogP contribution < -0.4 is 10.6 Å². The Labute approximate surface area is 128 Å². The summed E-state index contributed by atoms with van der Waals surface area (Å²) in [5.41, 5.74) is 1.93. The van der Waals surface area contributed by atoms with Gasteiger partial charge in [0.1, 0.15) is 0 Å². The molecule has 0 amide bonds. The van der Waals surface area contributed by atoms with Gasteiger partial charge in [-0.3, -0.25) is 0 Å². The molecule has 2 aromatic rings. The summed E-state index contributed by atoms with van der Waals surface area (Å²) in [6, 6.07) is 7.83. The Morgan fingerprint density at radius 2 is 2.00 bits per heavy atom. The van der Waals surface area contributed by atoms with Crippen molar-refractivity contribution in [3.8, 4) is 0 Å². The lowest BCUT2D eigenvalue weighted by molar-refractivity contribution is 0.185. The van der Waals surface area contributed by atoms with Crippen LogP contribution in [-0.4, -0.2) is 28.6 Å². The fourth-order valence-electron chi connectivity index (χ4n) is 1.76. The summed E-state index contributed by atoms with van der Waals surface area (Å²) in [4.78, 5) is 12.4. The van der Waals surface area contributed by atoms with Crippen molar-refractivity contribution >= 4 is 29.2 Å². The summed E-state index contributed by atoms with van der Waals surface area (Å²) in [7, 11) is 1.66. The molecule has 2 N–H and O–H groups in total. The van der Waals surface area contributed by atoms with Crippen LogP contribution in [0.25, 0.3) is 0 Å². The molecule has 1 aromatic carbocycles. The van der Waals surface area contributed by atoms with Gasteiger partial charge in [-0.2, -0.15) is 15.0 Å². The van der Waals surface area contributed by atoms with Gasteiger partial charge in [0.15, 0.2) is 0 Å². The Kier molecular flexibility index (Phi) is 5.71. The number of methoxy groups -OCH3 is 1. The van der Waals surface area contributed by atoms with Crippen LogP contribution in [-0.2, 0) is 11.3 Å². The number of hydrogen-bond donors (Lipinski definition) is 2. The predicted octanol–water partition coefficient (Wildman–Crippen LogP) is 3.24. The van der Waals surface area contributed by atoms with E-state index >= 15 is 0 Å². The number of rotatable bonds is 7. The van der Waals surface area contributed by atoms with Gasteiger partial charge >= 0.3 is 0 Å². The van der Waals surface area contributed by atoms with E-state index in [1.165, 1.54) is 0 Å². The minimum Gasteiger partial charge on any atom is -0.380 e. The molecule has 0 fully saturated rings. The molecule has 0 atom stereocenters. The van der Waals surface area contributed by atoms with Crippen LogP contribution >= 0.6 is 11.6 Å². The Balaban J connectivity index is 2.14. The van der Waals surface area contributed by atoms with E-state index in [0.29, 0.717) is 18.5 Å². The average molecular weight is 308 g/mol. The predicted molar refractivity (Wildman–Crippen MR) is 84.1 cm³/mol. The van der Waals surface area contributed by atoms with Crippen LogP contribution in [0.3, 0.4) is 0 Å². The molecule has 0 aliphatic heterocycles. The van der Waals surface area contributed by atoms with Gasteiger partial charge in [0, 0.05) is 19.3 Å². The molecule has 0 unspecified atom stereocenters. The van der Waals surface area contributed by atoms with Crippen molar-refractivity contribution in [1.29, 1.82) is 0 Å². The van der Waals surface area contributed by atoms with Gasteiger partial charge in [-0.1, -0.05) is 19.1 Å². The highest BCUT2D eigenvalue weighted by Crippen LogP contribution is 2.17. The topological polar surface area (TPSA) is 72.0 Å². The van der Waals surface area contributed by atoms with Crippen molar-refractivity contribution < 1.29 is 4.74 Å². The third-order valence-corrected chi connectivity index (χ3v) is 2.80. The second-order valence-corrected chi connectivity index (χ2v) is 4.77. The highest BCUT2D eigenvalue weighted by Gasteiger charge is 2.05. The standard InChI is InChI=1S/C14H18ClN5O/c1-3-7-16-13-18-12(15)19-14(20-13)17-11-6-4-5-10(8-11)9-21-2/h4-6,8H,3,7,9H2,1-2H3,(H2,16,17,18,19,20). The maximum atomic E-state index is 5.91. The first-order chi connectivity index (χ1) is 10.2. The summed E-state index contributed by atoms with van der Waals surface area (Å²) >= 11 is 5.91. The highest BCUT2D eigenvalue weighted by molar-refractivity contribution is 6.28. The van der Waals surface area contributed by atoms with E-state index < -0.39 is 0 Å². The zero-order chi connectivity index (χ0) is 15.1. The van der Waals surface area contributed by atoms with Gasteiger partial charge in [-0.15, -0.1) is 0 Å². The zero-order valence-electron chi connectivity index (χ0n) is 12.1. The molecule has 1 aromatic heterocycles. The van der Waals surface area contributed by atoms with Crippen LogP contribution in [0.4, 0.5) is 17.6 Å². The molecule has 0 radical (unpaired) electrons. The van der Waals surface area contributed by atoms with Crippen molar-refractivity contribution in [2.75, 3.05) is 24.3 Å². The summed E-state index contributed by atoms with van der Waals surface area (Å²) < 4.78 is 5.12. The Morgan fingerprint density at radius 3 is 2.76 bits per heavy atom. The fourth-order valence-corrected chi connectivity index (χ4v) is 1.92. The maximum absolute atomic E-state index is 5.91. The number of ether oxygens (including phenoxy) is 1. The van der Waals surface area contributed by atoms with Crippen molar-refractivity contribution in [3.63, 3.8) is 0 Å². The number of aromatic nitrogens is 3. The van der Waals surface area contributed by atoms with Gasteiger partial charge in [0.2, 0.25) is 17.2 Å². The first-order valence-corrected chi connectivity index (χ1v) is 7.09. The second kappa shape index (κ2) is 7.75. The Hall–Kier alpha value is -1.92. The Morgan fingerprint density at radius 1 is 1.19 bits per heavy atom. The van der Waals surface area contributed by atoms with Crippen LogP contribution in [0.1, 0.15) is 18.9 Å². The summed E-state index contributed by atoms with van der Waals surface area (Å²) in [5, 5.41) is 6.36. The van der Waals surface area contributed by atoms with Crippen LogP contribution in [0, 0.1) is 0 Å². The molecule has 0 saturated heterocycles. The highest BCUT2D eigenvalue weighted by atomic mass is 35.5.